The lowest BCUT2D eigenvalue weighted by atomic mass is 9.88. The van der Waals surface area contributed by atoms with Crippen LogP contribution in [0.1, 0.15) is 45.0 Å². The second-order valence-corrected chi connectivity index (χ2v) is 8.23. The van der Waals surface area contributed by atoms with Crippen molar-refractivity contribution in [2.75, 3.05) is 0 Å². The van der Waals surface area contributed by atoms with Gasteiger partial charge >= 0.3 is 6.03 Å². The Morgan fingerprint density at radius 3 is 2.54 bits per heavy atom. The van der Waals surface area contributed by atoms with E-state index in [1.165, 1.54) is 0 Å². The summed E-state index contributed by atoms with van der Waals surface area (Å²) < 4.78 is 5.26. The largest absolute Gasteiger partial charge is 0.337 e. The molecule has 1 N–H and O–H groups in total. The highest BCUT2D eigenvalue weighted by Crippen LogP contribution is 2.34. The molecule has 0 spiro atoms. The van der Waals surface area contributed by atoms with Crippen molar-refractivity contribution in [2.24, 2.45) is 0 Å². The van der Waals surface area contributed by atoms with Gasteiger partial charge in [-0.15, -0.1) is 0 Å². The third-order valence-electron chi connectivity index (χ3n) is 5.04. The molecule has 0 radical (unpaired) electrons. The molecule has 0 bridgehead atoms. The van der Waals surface area contributed by atoms with E-state index >= 15 is 0 Å². The first kappa shape index (κ1) is 18.2. The highest BCUT2D eigenvalue weighted by molar-refractivity contribution is 6.09. The number of rotatable bonds is 3. The molecule has 0 saturated carbocycles. The predicted octanol–water partition coefficient (Wildman–Crippen LogP) is 3.49. The maximum Gasteiger partial charge on any atom is 0.325 e. The average Bonchev–Trinajstić information content (AvgIpc) is 3.21. The quantitative estimate of drug-likeness (QED) is 0.705. The van der Waals surface area contributed by atoms with Gasteiger partial charge in [-0.3, -0.25) is 9.69 Å². The zero-order valence-electron chi connectivity index (χ0n) is 16.3. The molecule has 144 valence electrons. The SMILES string of the molecule is CC(C)(C)c1noc(CN2C(=O)NC(C)(c3cccc4ccccc34)C2=O)n1. The molecule has 1 aliphatic heterocycles. The van der Waals surface area contributed by atoms with E-state index < -0.39 is 11.6 Å². The van der Waals surface area contributed by atoms with Crippen LogP contribution in [0.4, 0.5) is 4.79 Å². The molecule has 2 heterocycles. The fourth-order valence-corrected chi connectivity index (χ4v) is 3.44. The van der Waals surface area contributed by atoms with E-state index in [-0.39, 0.29) is 23.8 Å². The summed E-state index contributed by atoms with van der Waals surface area (Å²) >= 11 is 0. The van der Waals surface area contributed by atoms with Crippen LogP contribution in [0, 0.1) is 0 Å². The van der Waals surface area contributed by atoms with E-state index in [1.54, 1.807) is 6.92 Å². The third kappa shape index (κ3) is 2.83. The number of carbonyl (C=O) groups excluding carboxylic acids is 2. The highest BCUT2D eigenvalue weighted by Gasteiger charge is 2.50. The van der Waals surface area contributed by atoms with Crippen LogP contribution in [-0.4, -0.2) is 27.0 Å². The minimum atomic E-state index is -1.16. The van der Waals surface area contributed by atoms with E-state index in [2.05, 4.69) is 15.5 Å². The van der Waals surface area contributed by atoms with Crippen LogP contribution < -0.4 is 5.32 Å². The minimum absolute atomic E-state index is 0.0614. The fourth-order valence-electron chi connectivity index (χ4n) is 3.44. The summed E-state index contributed by atoms with van der Waals surface area (Å²) in [4.78, 5) is 31.3. The van der Waals surface area contributed by atoms with Gasteiger partial charge < -0.3 is 9.84 Å². The van der Waals surface area contributed by atoms with Crippen molar-refractivity contribution in [2.45, 2.75) is 45.2 Å². The van der Waals surface area contributed by atoms with E-state index in [1.807, 2.05) is 63.2 Å². The van der Waals surface area contributed by atoms with Crippen LogP contribution in [0.3, 0.4) is 0 Å². The van der Waals surface area contributed by atoms with Crippen molar-refractivity contribution in [1.29, 1.82) is 0 Å². The topological polar surface area (TPSA) is 88.3 Å². The van der Waals surface area contributed by atoms with E-state index in [0.717, 1.165) is 21.2 Å². The van der Waals surface area contributed by atoms with Crippen LogP contribution in [0.25, 0.3) is 10.8 Å². The van der Waals surface area contributed by atoms with Crippen molar-refractivity contribution in [3.63, 3.8) is 0 Å². The fraction of sp³-hybridized carbons (Fsp3) is 0.333. The maximum absolute atomic E-state index is 13.2. The number of hydrogen-bond acceptors (Lipinski definition) is 5. The summed E-state index contributed by atoms with van der Waals surface area (Å²) in [6.07, 6.45) is 0. The number of urea groups is 1. The van der Waals surface area contributed by atoms with Crippen LogP contribution in [0.5, 0.6) is 0 Å². The third-order valence-corrected chi connectivity index (χ3v) is 5.04. The lowest BCUT2D eigenvalue weighted by Crippen LogP contribution is -2.41. The normalized spacial score (nSPS) is 20.1. The Bertz CT molecular complexity index is 1080. The molecule has 28 heavy (non-hydrogen) atoms. The summed E-state index contributed by atoms with van der Waals surface area (Å²) in [6.45, 7) is 7.56. The van der Waals surface area contributed by atoms with Gasteiger partial charge in [-0.2, -0.15) is 4.98 Å². The highest BCUT2D eigenvalue weighted by atomic mass is 16.5. The number of amides is 3. The first-order valence-electron chi connectivity index (χ1n) is 9.15. The number of benzene rings is 2. The van der Waals surface area contributed by atoms with Gasteiger partial charge in [0.05, 0.1) is 0 Å². The van der Waals surface area contributed by atoms with Gasteiger partial charge in [0.2, 0.25) is 5.89 Å². The molecule has 1 aliphatic rings. The van der Waals surface area contributed by atoms with Gasteiger partial charge in [0.15, 0.2) is 5.82 Å². The van der Waals surface area contributed by atoms with Gasteiger partial charge in [-0.25, -0.2) is 4.79 Å². The second kappa shape index (κ2) is 6.15. The van der Waals surface area contributed by atoms with Gasteiger partial charge in [0, 0.05) is 5.41 Å². The molecule has 1 unspecified atom stereocenters. The smallest absolute Gasteiger partial charge is 0.325 e. The standard InChI is InChI=1S/C21H22N4O3/c1-20(2,3)17-22-16(28-24-17)12-25-18(26)21(4,23-19(25)27)15-11-7-9-13-8-5-6-10-14(13)15/h5-11H,12H2,1-4H3,(H,23,27). The molecule has 4 rings (SSSR count). The molecule has 2 aromatic carbocycles. The predicted molar refractivity (Wildman–Crippen MR) is 103 cm³/mol. The van der Waals surface area contributed by atoms with Gasteiger partial charge in [-0.1, -0.05) is 68.4 Å². The Morgan fingerprint density at radius 2 is 1.82 bits per heavy atom. The second-order valence-electron chi connectivity index (χ2n) is 8.23. The van der Waals surface area contributed by atoms with E-state index in [9.17, 15) is 9.59 Å². The van der Waals surface area contributed by atoms with Gasteiger partial charge in [0.1, 0.15) is 12.1 Å². The molecule has 7 nitrogen and oxygen atoms in total. The number of nitrogens with zero attached hydrogens (tertiary/aromatic N) is 3. The monoisotopic (exact) mass is 378 g/mol. The molecular formula is C21H22N4O3. The van der Waals surface area contributed by atoms with Crippen molar-refractivity contribution in [1.82, 2.24) is 20.4 Å². The molecule has 3 aromatic rings. The van der Waals surface area contributed by atoms with Crippen LogP contribution in [-0.2, 0) is 22.3 Å². The van der Waals surface area contributed by atoms with Gasteiger partial charge in [0.25, 0.3) is 5.91 Å². The number of imide groups is 1. The first-order chi connectivity index (χ1) is 13.2. The maximum atomic E-state index is 13.2. The Kier molecular flexibility index (Phi) is 3.99. The lowest BCUT2D eigenvalue weighted by Gasteiger charge is -2.23. The Hall–Kier alpha value is -3.22. The molecule has 1 saturated heterocycles. The average molecular weight is 378 g/mol. The zero-order chi connectivity index (χ0) is 20.1. The number of carbonyl (C=O) groups is 2. The molecule has 7 heteroatoms. The minimum Gasteiger partial charge on any atom is -0.337 e. The molecular weight excluding hydrogens is 356 g/mol. The summed E-state index contributed by atoms with van der Waals surface area (Å²) in [6, 6.07) is 13.1. The molecule has 3 amide bonds. The summed E-state index contributed by atoms with van der Waals surface area (Å²) in [7, 11) is 0. The molecule has 1 aromatic heterocycles. The first-order valence-corrected chi connectivity index (χ1v) is 9.15. The summed E-state index contributed by atoms with van der Waals surface area (Å²) in [5.41, 5.74) is -0.686. The molecule has 0 aliphatic carbocycles. The van der Waals surface area contributed by atoms with Crippen molar-refractivity contribution in [3.8, 4) is 0 Å². The number of hydrogen-bond donors (Lipinski definition) is 1. The molecule has 1 fully saturated rings. The Morgan fingerprint density at radius 1 is 1.11 bits per heavy atom. The Balaban J connectivity index is 1.67. The zero-order valence-corrected chi connectivity index (χ0v) is 16.3. The van der Waals surface area contributed by atoms with Crippen molar-refractivity contribution >= 4 is 22.7 Å². The number of nitrogens with one attached hydrogen (secondary N) is 1. The summed E-state index contributed by atoms with van der Waals surface area (Å²) in [5, 5.41) is 8.74. The lowest BCUT2D eigenvalue weighted by molar-refractivity contribution is -0.131. The van der Waals surface area contributed by atoms with Crippen molar-refractivity contribution < 1.29 is 14.1 Å². The summed E-state index contributed by atoms with van der Waals surface area (Å²) in [5.74, 6) is 0.423. The van der Waals surface area contributed by atoms with E-state index in [0.29, 0.717) is 5.82 Å². The Labute approximate surface area is 162 Å². The number of aromatic nitrogens is 2. The van der Waals surface area contributed by atoms with Crippen LogP contribution >= 0.6 is 0 Å². The van der Waals surface area contributed by atoms with Crippen LogP contribution in [0.2, 0.25) is 0 Å². The number of fused-ring (bicyclic) bond motifs is 1. The van der Waals surface area contributed by atoms with Gasteiger partial charge in [-0.05, 0) is 23.3 Å². The molecule has 1 atom stereocenters. The van der Waals surface area contributed by atoms with Crippen molar-refractivity contribution in [3.05, 3.63) is 59.7 Å². The van der Waals surface area contributed by atoms with Crippen LogP contribution in [0.15, 0.2) is 47.0 Å². The van der Waals surface area contributed by atoms with E-state index in [4.69, 9.17) is 4.52 Å².